The highest BCUT2D eigenvalue weighted by Crippen LogP contribution is 2.25. The molecule has 4 nitrogen and oxygen atoms in total. The maximum absolute atomic E-state index is 12.7. The van der Waals surface area contributed by atoms with Gasteiger partial charge in [0.2, 0.25) is 0 Å². The van der Waals surface area contributed by atoms with E-state index < -0.39 is 0 Å². The molecule has 2 aromatic rings. The van der Waals surface area contributed by atoms with Gasteiger partial charge in [-0.15, -0.1) is 0 Å². The zero-order valence-electron chi connectivity index (χ0n) is 12.8. The van der Waals surface area contributed by atoms with Crippen molar-refractivity contribution in [2.24, 2.45) is 0 Å². The van der Waals surface area contributed by atoms with E-state index in [9.17, 15) is 4.79 Å². The van der Waals surface area contributed by atoms with Crippen molar-refractivity contribution in [2.75, 3.05) is 13.7 Å². The summed E-state index contributed by atoms with van der Waals surface area (Å²) in [5.41, 5.74) is 2.57. The fourth-order valence-corrected chi connectivity index (χ4v) is 2.86. The van der Waals surface area contributed by atoms with Crippen LogP contribution in [0.2, 0.25) is 5.15 Å². The first-order valence-electron chi connectivity index (χ1n) is 7.43. The number of amides is 1. The third kappa shape index (κ3) is 3.37. The Hall–Kier alpha value is -2.33. The maximum atomic E-state index is 12.7. The summed E-state index contributed by atoms with van der Waals surface area (Å²) in [7, 11) is 1.65. The molecule has 1 aliphatic rings. The Morgan fingerprint density at radius 3 is 2.78 bits per heavy atom. The lowest BCUT2D eigenvalue weighted by molar-refractivity contribution is 0.0816. The number of nitrogens with zero attached hydrogens (tertiary/aromatic N) is 2. The predicted octanol–water partition coefficient (Wildman–Crippen LogP) is 3.72. The minimum Gasteiger partial charge on any atom is -0.497 e. The summed E-state index contributed by atoms with van der Waals surface area (Å²) in [5, 5.41) is 0.244. The van der Waals surface area contributed by atoms with Crippen molar-refractivity contribution in [2.45, 2.75) is 12.8 Å². The van der Waals surface area contributed by atoms with Crippen LogP contribution in [0.15, 0.2) is 54.4 Å². The van der Waals surface area contributed by atoms with Crippen molar-refractivity contribution >= 4 is 17.5 Å². The van der Waals surface area contributed by atoms with Gasteiger partial charge in [-0.25, -0.2) is 4.98 Å². The van der Waals surface area contributed by atoms with E-state index in [2.05, 4.69) is 11.1 Å². The average Bonchev–Trinajstić information content (AvgIpc) is 3.03. The van der Waals surface area contributed by atoms with Crippen LogP contribution in [0.1, 0.15) is 22.3 Å². The molecule has 0 unspecified atom stereocenters. The van der Waals surface area contributed by atoms with Gasteiger partial charge < -0.3 is 9.64 Å². The molecular formula is C18H17ClN2O2. The molecule has 5 heteroatoms. The zero-order chi connectivity index (χ0) is 16.2. The van der Waals surface area contributed by atoms with Crippen molar-refractivity contribution < 1.29 is 9.53 Å². The number of pyridine rings is 1. The highest BCUT2D eigenvalue weighted by Gasteiger charge is 2.25. The van der Waals surface area contributed by atoms with Crippen LogP contribution in [-0.4, -0.2) is 29.4 Å². The normalized spacial score (nSPS) is 13.8. The quantitative estimate of drug-likeness (QED) is 0.803. The van der Waals surface area contributed by atoms with Gasteiger partial charge in [0.05, 0.1) is 12.7 Å². The SMILES string of the molecule is COc1ccc(CC2=CCCN2C(=O)c2cccnc2Cl)cc1. The number of ether oxygens (including phenoxy) is 1. The molecule has 118 valence electrons. The Balaban J connectivity index is 1.77. The first-order valence-corrected chi connectivity index (χ1v) is 7.81. The predicted molar refractivity (Wildman–Crippen MR) is 89.7 cm³/mol. The second-order valence-electron chi connectivity index (χ2n) is 5.31. The summed E-state index contributed by atoms with van der Waals surface area (Å²) in [4.78, 5) is 18.5. The second-order valence-corrected chi connectivity index (χ2v) is 5.67. The minimum atomic E-state index is -0.0969. The van der Waals surface area contributed by atoms with Crippen LogP contribution in [0, 0.1) is 0 Å². The summed E-state index contributed by atoms with van der Waals surface area (Å²) in [6, 6.07) is 11.3. The van der Waals surface area contributed by atoms with Crippen LogP contribution in [-0.2, 0) is 6.42 Å². The Morgan fingerprint density at radius 2 is 2.09 bits per heavy atom. The summed E-state index contributed by atoms with van der Waals surface area (Å²) < 4.78 is 5.17. The Kier molecular flexibility index (Phi) is 4.63. The third-order valence-electron chi connectivity index (χ3n) is 3.86. The van der Waals surface area contributed by atoms with Gasteiger partial charge in [-0.2, -0.15) is 0 Å². The first kappa shape index (κ1) is 15.6. The standard InChI is InChI=1S/C18H17ClN2O2/c1-23-15-8-6-13(7-9-15)12-14-4-3-11-21(14)18(22)16-5-2-10-20-17(16)19/h2,4-10H,3,11-12H2,1H3. The molecule has 0 saturated heterocycles. The molecule has 1 aromatic carbocycles. The molecule has 1 amide bonds. The van der Waals surface area contributed by atoms with E-state index in [4.69, 9.17) is 16.3 Å². The zero-order valence-corrected chi connectivity index (χ0v) is 13.6. The molecule has 0 bridgehead atoms. The summed E-state index contributed by atoms with van der Waals surface area (Å²) in [6.45, 7) is 0.676. The molecule has 0 saturated carbocycles. The lowest BCUT2D eigenvalue weighted by Crippen LogP contribution is -2.29. The molecule has 0 aliphatic carbocycles. The molecule has 0 atom stereocenters. The molecule has 23 heavy (non-hydrogen) atoms. The second kappa shape index (κ2) is 6.84. The Labute approximate surface area is 140 Å². The van der Waals surface area contributed by atoms with Crippen LogP contribution >= 0.6 is 11.6 Å². The van der Waals surface area contributed by atoms with Gasteiger partial charge in [0, 0.05) is 24.9 Å². The lowest BCUT2D eigenvalue weighted by Gasteiger charge is -2.21. The van der Waals surface area contributed by atoms with Crippen molar-refractivity contribution in [3.05, 3.63) is 70.6 Å². The molecule has 0 fully saturated rings. The number of carbonyl (C=O) groups excluding carboxylic acids is 1. The van der Waals surface area contributed by atoms with E-state index in [1.165, 1.54) is 0 Å². The number of rotatable bonds is 4. The van der Waals surface area contributed by atoms with Gasteiger partial charge in [0.15, 0.2) is 0 Å². The largest absolute Gasteiger partial charge is 0.497 e. The maximum Gasteiger partial charge on any atom is 0.261 e. The van der Waals surface area contributed by atoms with Gasteiger partial charge >= 0.3 is 0 Å². The summed E-state index contributed by atoms with van der Waals surface area (Å²) >= 11 is 6.05. The van der Waals surface area contributed by atoms with Crippen molar-refractivity contribution in [1.82, 2.24) is 9.88 Å². The topological polar surface area (TPSA) is 42.4 Å². The molecule has 2 heterocycles. The van der Waals surface area contributed by atoms with Crippen LogP contribution in [0.4, 0.5) is 0 Å². The van der Waals surface area contributed by atoms with Gasteiger partial charge in [-0.1, -0.05) is 29.8 Å². The molecule has 3 rings (SSSR count). The number of aromatic nitrogens is 1. The van der Waals surface area contributed by atoms with Crippen LogP contribution in [0.3, 0.4) is 0 Å². The molecule has 0 radical (unpaired) electrons. The first-order chi connectivity index (χ1) is 11.2. The van der Waals surface area contributed by atoms with E-state index >= 15 is 0 Å². The molecule has 1 aromatic heterocycles. The average molecular weight is 329 g/mol. The van der Waals surface area contributed by atoms with E-state index in [0.29, 0.717) is 18.5 Å². The number of benzene rings is 1. The van der Waals surface area contributed by atoms with E-state index in [-0.39, 0.29) is 11.1 Å². The number of carbonyl (C=O) groups is 1. The molecule has 0 spiro atoms. The fourth-order valence-electron chi connectivity index (χ4n) is 2.66. The van der Waals surface area contributed by atoms with E-state index in [1.54, 1.807) is 30.3 Å². The lowest BCUT2D eigenvalue weighted by atomic mass is 10.1. The summed E-state index contributed by atoms with van der Waals surface area (Å²) in [6.07, 6.45) is 5.24. The fraction of sp³-hybridized carbons (Fsp3) is 0.222. The van der Waals surface area contributed by atoms with Crippen molar-refractivity contribution in [1.29, 1.82) is 0 Å². The smallest absolute Gasteiger partial charge is 0.261 e. The van der Waals surface area contributed by atoms with E-state index in [0.717, 1.165) is 23.4 Å². The van der Waals surface area contributed by atoms with Crippen LogP contribution in [0.5, 0.6) is 5.75 Å². The molecule has 1 aliphatic heterocycles. The van der Waals surface area contributed by atoms with Gasteiger partial charge in [-0.3, -0.25) is 4.79 Å². The number of methoxy groups -OCH3 is 1. The number of hydrogen-bond donors (Lipinski definition) is 0. The highest BCUT2D eigenvalue weighted by atomic mass is 35.5. The van der Waals surface area contributed by atoms with Crippen LogP contribution < -0.4 is 4.74 Å². The monoisotopic (exact) mass is 328 g/mol. The molecule has 0 N–H and O–H groups in total. The van der Waals surface area contributed by atoms with Crippen molar-refractivity contribution in [3.8, 4) is 5.75 Å². The van der Waals surface area contributed by atoms with Gasteiger partial charge in [0.1, 0.15) is 10.9 Å². The van der Waals surface area contributed by atoms with E-state index in [1.807, 2.05) is 24.3 Å². The van der Waals surface area contributed by atoms with Crippen molar-refractivity contribution in [3.63, 3.8) is 0 Å². The Morgan fingerprint density at radius 1 is 1.30 bits per heavy atom. The number of allylic oxidation sites excluding steroid dienone is 1. The molecular weight excluding hydrogens is 312 g/mol. The highest BCUT2D eigenvalue weighted by molar-refractivity contribution is 6.32. The summed E-state index contributed by atoms with van der Waals surface area (Å²) in [5.74, 6) is 0.726. The third-order valence-corrected chi connectivity index (χ3v) is 4.16. The Bertz CT molecular complexity index is 741. The number of halogens is 1. The van der Waals surface area contributed by atoms with Crippen LogP contribution in [0.25, 0.3) is 0 Å². The van der Waals surface area contributed by atoms with Gasteiger partial charge in [-0.05, 0) is 36.2 Å². The van der Waals surface area contributed by atoms with Gasteiger partial charge in [0.25, 0.3) is 5.91 Å². The minimum absolute atomic E-state index is 0.0969. The number of hydrogen-bond acceptors (Lipinski definition) is 3.